The van der Waals surface area contributed by atoms with E-state index in [4.69, 9.17) is 9.15 Å². The first-order valence-corrected chi connectivity index (χ1v) is 5.70. The van der Waals surface area contributed by atoms with E-state index in [9.17, 15) is 0 Å². The second-order valence-electron chi connectivity index (χ2n) is 3.93. The minimum Gasteiger partial charge on any atom is -0.468 e. The molecule has 0 aliphatic carbocycles. The molecule has 4 heteroatoms. The molecule has 1 N–H and O–H groups in total. The van der Waals surface area contributed by atoms with Crippen LogP contribution in [0.5, 0.6) is 0 Å². The first-order chi connectivity index (χ1) is 7.76. The molecule has 0 atom stereocenters. The monoisotopic (exact) mass is 226 g/mol. The van der Waals surface area contributed by atoms with E-state index in [0.29, 0.717) is 0 Å². The van der Waals surface area contributed by atoms with E-state index >= 15 is 0 Å². The summed E-state index contributed by atoms with van der Waals surface area (Å²) in [5, 5.41) is 3.27. The van der Waals surface area contributed by atoms with Gasteiger partial charge in [0, 0.05) is 25.8 Å². The van der Waals surface area contributed by atoms with Gasteiger partial charge in [-0.3, -0.25) is 4.90 Å². The lowest BCUT2D eigenvalue weighted by molar-refractivity contribution is 0.155. The summed E-state index contributed by atoms with van der Waals surface area (Å²) in [6, 6.07) is 2.10. The lowest BCUT2D eigenvalue weighted by Gasteiger charge is -2.13. The molecule has 1 aromatic heterocycles. The quantitative estimate of drug-likeness (QED) is 0.728. The number of hydrogen-bond acceptors (Lipinski definition) is 4. The van der Waals surface area contributed by atoms with Gasteiger partial charge in [0.2, 0.25) is 0 Å². The highest BCUT2D eigenvalue weighted by molar-refractivity contribution is 5.12. The molecule has 0 aliphatic rings. The van der Waals surface area contributed by atoms with E-state index in [2.05, 4.69) is 30.3 Å². The maximum Gasteiger partial charge on any atom is 0.118 e. The van der Waals surface area contributed by atoms with Crippen LogP contribution < -0.4 is 5.32 Å². The van der Waals surface area contributed by atoms with Gasteiger partial charge < -0.3 is 14.5 Å². The predicted octanol–water partition coefficient (Wildman–Crippen LogP) is 1.47. The molecule has 1 aromatic rings. The maximum atomic E-state index is 5.49. The fourth-order valence-electron chi connectivity index (χ4n) is 1.46. The molecule has 0 bridgehead atoms. The van der Waals surface area contributed by atoms with Crippen molar-refractivity contribution in [3.05, 3.63) is 23.7 Å². The molecule has 4 nitrogen and oxygen atoms in total. The second kappa shape index (κ2) is 7.44. The lowest BCUT2D eigenvalue weighted by atomic mass is 10.3. The number of hydrogen-bond donors (Lipinski definition) is 1. The van der Waals surface area contributed by atoms with Crippen LogP contribution in [0.25, 0.3) is 0 Å². The van der Waals surface area contributed by atoms with Crippen molar-refractivity contribution in [1.82, 2.24) is 10.2 Å². The van der Waals surface area contributed by atoms with E-state index in [1.54, 1.807) is 7.11 Å². The summed E-state index contributed by atoms with van der Waals surface area (Å²) >= 11 is 0. The number of nitrogens with zero attached hydrogens (tertiary/aromatic N) is 1. The predicted molar refractivity (Wildman–Crippen MR) is 64.3 cm³/mol. The van der Waals surface area contributed by atoms with Crippen molar-refractivity contribution in [2.24, 2.45) is 0 Å². The van der Waals surface area contributed by atoms with Gasteiger partial charge in [0.25, 0.3) is 0 Å². The summed E-state index contributed by atoms with van der Waals surface area (Å²) in [7, 11) is 3.78. The largest absolute Gasteiger partial charge is 0.468 e. The Morgan fingerprint density at radius 2 is 2.31 bits per heavy atom. The molecule has 0 radical (unpaired) electrons. The number of nitrogens with one attached hydrogen (secondary N) is 1. The fraction of sp³-hybridized carbons (Fsp3) is 0.667. The molecule has 0 aliphatic heterocycles. The van der Waals surface area contributed by atoms with Gasteiger partial charge in [-0.2, -0.15) is 0 Å². The van der Waals surface area contributed by atoms with Gasteiger partial charge in [0.15, 0.2) is 0 Å². The summed E-state index contributed by atoms with van der Waals surface area (Å²) in [6.07, 6.45) is 1.82. The molecule has 0 fully saturated rings. The van der Waals surface area contributed by atoms with Gasteiger partial charge in [-0.25, -0.2) is 0 Å². The Morgan fingerprint density at radius 3 is 3.00 bits per heavy atom. The van der Waals surface area contributed by atoms with Crippen molar-refractivity contribution < 1.29 is 9.15 Å². The van der Waals surface area contributed by atoms with E-state index in [1.807, 2.05) is 6.26 Å². The van der Waals surface area contributed by atoms with Crippen LogP contribution >= 0.6 is 0 Å². The zero-order chi connectivity index (χ0) is 11.8. The molecular weight excluding hydrogens is 204 g/mol. The Kier molecular flexibility index (Phi) is 6.15. The molecule has 0 saturated heterocycles. The topological polar surface area (TPSA) is 37.6 Å². The molecule has 16 heavy (non-hydrogen) atoms. The summed E-state index contributed by atoms with van der Waals surface area (Å²) in [5.41, 5.74) is 1.21. The van der Waals surface area contributed by atoms with E-state index in [1.165, 1.54) is 5.56 Å². The van der Waals surface area contributed by atoms with Gasteiger partial charge in [0.1, 0.15) is 5.76 Å². The third-order valence-electron chi connectivity index (χ3n) is 2.39. The molecule has 1 rings (SSSR count). The average molecular weight is 226 g/mol. The van der Waals surface area contributed by atoms with Crippen LogP contribution in [0.1, 0.15) is 18.2 Å². The van der Waals surface area contributed by atoms with E-state index in [-0.39, 0.29) is 0 Å². The van der Waals surface area contributed by atoms with Crippen molar-refractivity contribution >= 4 is 0 Å². The SMILES string of the molecule is CCNCc1coc(CN(C)CCOC)c1. The third kappa shape index (κ3) is 4.79. The molecule has 0 spiro atoms. The molecule has 92 valence electrons. The van der Waals surface area contributed by atoms with Crippen LogP contribution in [-0.4, -0.2) is 38.8 Å². The maximum absolute atomic E-state index is 5.49. The Labute approximate surface area is 97.6 Å². The van der Waals surface area contributed by atoms with Gasteiger partial charge in [0.05, 0.1) is 19.4 Å². The van der Waals surface area contributed by atoms with E-state index < -0.39 is 0 Å². The molecule has 1 heterocycles. The number of furan rings is 1. The molecule has 0 aromatic carbocycles. The number of methoxy groups -OCH3 is 1. The lowest BCUT2D eigenvalue weighted by Crippen LogP contribution is -2.22. The van der Waals surface area contributed by atoms with Gasteiger partial charge >= 0.3 is 0 Å². The number of rotatable bonds is 8. The van der Waals surface area contributed by atoms with Crippen molar-refractivity contribution in [2.45, 2.75) is 20.0 Å². The molecule has 0 amide bonds. The Morgan fingerprint density at radius 1 is 1.50 bits per heavy atom. The highest BCUT2D eigenvalue weighted by atomic mass is 16.5. The van der Waals surface area contributed by atoms with Crippen LogP contribution in [0, 0.1) is 0 Å². The van der Waals surface area contributed by atoms with Crippen LogP contribution in [0.2, 0.25) is 0 Å². The number of ether oxygens (including phenoxy) is 1. The van der Waals surface area contributed by atoms with Gasteiger partial charge in [-0.1, -0.05) is 6.92 Å². The minimum atomic E-state index is 0.751. The van der Waals surface area contributed by atoms with Crippen molar-refractivity contribution in [3.63, 3.8) is 0 Å². The Hall–Kier alpha value is -0.840. The van der Waals surface area contributed by atoms with Gasteiger partial charge in [-0.15, -0.1) is 0 Å². The van der Waals surface area contributed by atoms with Crippen molar-refractivity contribution in [1.29, 1.82) is 0 Å². The van der Waals surface area contributed by atoms with Gasteiger partial charge in [-0.05, 0) is 19.7 Å². The molecular formula is C12H22N2O2. The zero-order valence-corrected chi connectivity index (χ0v) is 10.5. The highest BCUT2D eigenvalue weighted by Gasteiger charge is 2.04. The summed E-state index contributed by atoms with van der Waals surface area (Å²) in [5.74, 6) is 1.01. The normalized spacial score (nSPS) is 11.2. The zero-order valence-electron chi connectivity index (χ0n) is 10.5. The molecule has 0 unspecified atom stereocenters. The Balaban J connectivity index is 2.33. The smallest absolute Gasteiger partial charge is 0.118 e. The summed E-state index contributed by atoms with van der Waals surface area (Å²) in [4.78, 5) is 2.18. The summed E-state index contributed by atoms with van der Waals surface area (Å²) < 4.78 is 10.5. The highest BCUT2D eigenvalue weighted by Crippen LogP contribution is 2.09. The van der Waals surface area contributed by atoms with Crippen LogP contribution in [0.3, 0.4) is 0 Å². The minimum absolute atomic E-state index is 0.751. The van der Waals surface area contributed by atoms with Crippen LogP contribution in [0.15, 0.2) is 16.7 Å². The van der Waals surface area contributed by atoms with Crippen molar-refractivity contribution in [2.75, 3.05) is 33.9 Å². The van der Waals surface area contributed by atoms with Crippen LogP contribution in [-0.2, 0) is 17.8 Å². The van der Waals surface area contributed by atoms with Crippen LogP contribution in [0.4, 0.5) is 0 Å². The van der Waals surface area contributed by atoms with Crippen molar-refractivity contribution in [3.8, 4) is 0 Å². The Bertz CT molecular complexity index is 286. The standard InChI is InChI=1S/C12H22N2O2/c1-4-13-8-11-7-12(16-10-11)9-14(2)5-6-15-3/h7,10,13H,4-6,8-9H2,1-3H3. The summed E-state index contributed by atoms with van der Waals surface area (Å²) in [6.45, 7) is 6.45. The fourth-order valence-corrected chi connectivity index (χ4v) is 1.46. The van der Waals surface area contributed by atoms with E-state index in [0.717, 1.165) is 38.5 Å². The first-order valence-electron chi connectivity index (χ1n) is 5.70. The average Bonchev–Trinajstić information content (AvgIpc) is 2.71. The first kappa shape index (κ1) is 13.2. The second-order valence-corrected chi connectivity index (χ2v) is 3.93. The number of likely N-dealkylation sites (N-methyl/N-ethyl adjacent to an activating group) is 1. The molecule has 0 saturated carbocycles. The third-order valence-corrected chi connectivity index (χ3v) is 2.39.